The van der Waals surface area contributed by atoms with Crippen LogP contribution in [0.4, 0.5) is 0 Å². The Labute approximate surface area is 108 Å². The average molecular weight is 258 g/mol. The van der Waals surface area contributed by atoms with E-state index in [2.05, 4.69) is 4.74 Å². The van der Waals surface area contributed by atoms with E-state index in [9.17, 15) is 9.59 Å². The van der Waals surface area contributed by atoms with E-state index in [1.807, 2.05) is 18.7 Å². The molecule has 1 rings (SSSR count). The van der Waals surface area contributed by atoms with Gasteiger partial charge in [0, 0.05) is 26.2 Å². The molecule has 18 heavy (non-hydrogen) atoms. The third kappa shape index (κ3) is 3.96. The van der Waals surface area contributed by atoms with E-state index in [1.165, 1.54) is 7.11 Å². The van der Waals surface area contributed by atoms with Gasteiger partial charge in [-0.2, -0.15) is 0 Å². The van der Waals surface area contributed by atoms with Crippen LogP contribution in [0.2, 0.25) is 0 Å². The molecule has 0 radical (unpaired) electrons. The van der Waals surface area contributed by atoms with Crippen molar-refractivity contribution < 1.29 is 19.1 Å². The summed E-state index contributed by atoms with van der Waals surface area (Å²) in [6.45, 7) is 7.19. The number of nitrogens with zero attached hydrogens (tertiary/aromatic N) is 2. The summed E-state index contributed by atoms with van der Waals surface area (Å²) in [5.74, 6) is -0.291. The third-order valence-electron chi connectivity index (χ3n) is 3.09. The zero-order valence-corrected chi connectivity index (χ0v) is 11.3. The number of hydrogen-bond acceptors (Lipinski definition) is 5. The molecule has 0 saturated carbocycles. The van der Waals surface area contributed by atoms with Crippen molar-refractivity contribution >= 4 is 11.9 Å². The Morgan fingerprint density at radius 2 is 2.06 bits per heavy atom. The predicted octanol–water partition coefficient (Wildman–Crippen LogP) is -0.271. The topological polar surface area (TPSA) is 59.1 Å². The molecule has 6 nitrogen and oxygen atoms in total. The van der Waals surface area contributed by atoms with Crippen molar-refractivity contribution in [3.63, 3.8) is 0 Å². The van der Waals surface area contributed by atoms with E-state index in [0.29, 0.717) is 39.3 Å². The van der Waals surface area contributed by atoms with Crippen LogP contribution in [-0.4, -0.2) is 74.2 Å². The molecule has 1 fully saturated rings. The highest BCUT2D eigenvalue weighted by Gasteiger charge is 2.28. The fourth-order valence-corrected chi connectivity index (χ4v) is 1.99. The van der Waals surface area contributed by atoms with Crippen LogP contribution in [-0.2, 0) is 19.1 Å². The number of esters is 1. The first-order valence-electron chi connectivity index (χ1n) is 6.31. The predicted molar refractivity (Wildman–Crippen MR) is 66.1 cm³/mol. The minimum Gasteiger partial charge on any atom is -0.467 e. The van der Waals surface area contributed by atoms with Gasteiger partial charge in [-0.3, -0.25) is 9.69 Å². The van der Waals surface area contributed by atoms with Crippen LogP contribution in [0.5, 0.6) is 0 Å². The Bertz CT molecular complexity index is 292. The molecule has 1 heterocycles. The number of carbonyl (C=O) groups is 2. The van der Waals surface area contributed by atoms with Crippen molar-refractivity contribution in [1.82, 2.24) is 9.80 Å². The van der Waals surface area contributed by atoms with Crippen molar-refractivity contribution in [2.24, 2.45) is 0 Å². The smallest absolute Gasteiger partial charge is 0.336 e. The molecule has 6 heteroatoms. The molecule has 1 atom stereocenters. The summed E-state index contributed by atoms with van der Waals surface area (Å²) < 4.78 is 9.96. The van der Waals surface area contributed by atoms with E-state index in [1.54, 1.807) is 4.90 Å². The number of morpholine rings is 1. The summed E-state index contributed by atoms with van der Waals surface area (Å²) in [5.41, 5.74) is 0. The Hall–Kier alpha value is -1.14. The van der Waals surface area contributed by atoms with Gasteiger partial charge in [0.1, 0.15) is 0 Å². The van der Waals surface area contributed by atoms with E-state index >= 15 is 0 Å². The summed E-state index contributed by atoms with van der Waals surface area (Å²) in [5, 5.41) is 0. The SMILES string of the molecule is CCN(CC)C(=O)CN1CCOC(C(=O)OC)C1. The van der Waals surface area contributed by atoms with Crippen LogP contribution < -0.4 is 0 Å². The quantitative estimate of drug-likeness (QED) is 0.635. The highest BCUT2D eigenvalue weighted by atomic mass is 16.6. The van der Waals surface area contributed by atoms with Crippen molar-refractivity contribution in [2.75, 3.05) is 46.4 Å². The van der Waals surface area contributed by atoms with Crippen LogP contribution in [0.25, 0.3) is 0 Å². The van der Waals surface area contributed by atoms with Gasteiger partial charge < -0.3 is 14.4 Å². The first kappa shape index (κ1) is 14.9. The van der Waals surface area contributed by atoms with Crippen LogP contribution in [0.1, 0.15) is 13.8 Å². The monoisotopic (exact) mass is 258 g/mol. The summed E-state index contributed by atoms with van der Waals surface area (Å²) in [4.78, 5) is 27.0. The largest absolute Gasteiger partial charge is 0.467 e. The van der Waals surface area contributed by atoms with Gasteiger partial charge >= 0.3 is 5.97 Å². The first-order valence-corrected chi connectivity index (χ1v) is 6.31. The van der Waals surface area contributed by atoms with Gasteiger partial charge in [-0.05, 0) is 13.8 Å². The van der Waals surface area contributed by atoms with Crippen LogP contribution in [0.3, 0.4) is 0 Å². The van der Waals surface area contributed by atoms with Gasteiger partial charge in [-0.1, -0.05) is 0 Å². The number of amides is 1. The van der Waals surface area contributed by atoms with Gasteiger partial charge in [0.2, 0.25) is 5.91 Å². The second-order valence-corrected chi connectivity index (χ2v) is 4.18. The fraction of sp³-hybridized carbons (Fsp3) is 0.833. The Kier molecular flexibility index (Phi) is 6.07. The second-order valence-electron chi connectivity index (χ2n) is 4.18. The van der Waals surface area contributed by atoms with Crippen LogP contribution >= 0.6 is 0 Å². The van der Waals surface area contributed by atoms with Gasteiger partial charge in [0.05, 0.1) is 20.3 Å². The van der Waals surface area contributed by atoms with Gasteiger partial charge in [0.15, 0.2) is 6.10 Å². The van der Waals surface area contributed by atoms with Crippen molar-refractivity contribution in [1.29, 1.82) is 0 Å². The van der Waals surface area contributed by atoms with Crippen molar-refractivity contribution in [2.45, 2.75) is 20.0 Å². The molecule has 104 valence electrons. The summed E-state index contributed by atoms with van der Waals surface area (Å²) in [6.07, 6.45) is -0.576. The Balaban J connectivity index is 2.47. The number of ether oxygens (including phenoxy) is 2. The zero-order valence-electron chi connectivity index (χ0n) is 11.3. The number of carbonyl (C=O) groups excluding carboxylic acids is 2. The Morgan fingerprint density at radius 3 is 2.61 bits per heavy atom. The highest BCUT2D eigenvalue weighted by Crippen LogP contribution is 2.07. The molecular weight excluding hydrogens is 236 g/mol. The normalized spacial score (nSPS) is 20.5. The minimum atomic E-state index is -0.576. The standard InChI is InChI=1S/C12H22N2O4/c1-4-14(5-2)11(15)9-13-6-7-18-10(8-13)12(16)17-3/h10H,4-9H2,1-3H3. The first-order chi connectivity index (χ1) is 8.62. The number of rotatable bonds is 5. The summed E-state index contributed by atoms with van der Waals surface area (Å²) >= 11 is 0. The molecular formula is C12H22N2O4. The van der Waals surface area contributed by atoms with Crippen LogP contribution in [0, 0.1) is 0 Å². The molecule has 0 aliphatic carbocycles. The third-order valence-corrected chi connectivity index (χ3v) is 3.09. The number of methoxy groups -OCH3 is 1. The van der Waals surface area contributed by atoms with E-state index in [0.717, 1.165) is 0 Å². The van der Waals surface area contributed by atoms with Crippen LogP contribution in [0.15, 0.2) is 0 Å². The molecule has 1 saturated heterocycles. The maximum absolute atomic E-state index is 11.9. The lowest BCUT2D eigenvalue weighted by Crippen LogP contribution is -2.50. The van der Waals surface area contributed by atoms with Crippen molar-refractivity contribution in [3.8, 4) is 0 Å². The summed E-state index contributed by atoms with van der Waals surface area (Å²) in [6, 6.07) is 0. The van der Waals surface area contributed by atoms with Gasteiger partial charge in [0.25, 0.3) is 0 Å². The van der Waals surface area contributed by atoms with E-state index in [4.69, 9.17) is 4.74 Å². The Morgan fingerprint density at radius 1 is 1.39 bits per heavy atom. The molecule has 0 aromatic rings. The fourth-order valence-electron chi connectivity index (χ4n) is 1.99. The van der Waals surface area contributed by atoms with Crippen molar-refractivity contribution in [3.05, 3.63) is 0 Å². The highest BCUT2D eigenvalue weighted by molar-refractivity contribution is 5.78. The van der Waals surface area contributed by atoms with E-state index in [-0.39, 0.29) is 11.9 Å². The van der Waals surface area contributed by atoms with Gasteiger partial charge in [-0.15, -0.1) is 0 Å². The summed E-state index contributed by atoms with van der Waals surface area (Å²) in [7, 11) is 1.34. The molecule has 0 bridgehead atoms. The minimum absolute atomic E-state index is 0.0884. The zero-order chi connectivity index (χ0) is 13.5. The lowest BCUT2D eigenvalue weighted by Gasteiger charge is -2.32. The molecule has 1 aliphatic heterocycles. The molecule has 1 aliphatic rings. The lowest BCUT2D eigenvalue weighted by molar-refractivity contribution is -0.160. The van der Waals surface area contributed by atoms with Gasteiger partial charge in [-0.25, -0.2) is 4.79 Å². The molecule has 0 aromatic heterocycles. The average Bonchev–Trinajstić information content (AvgIpc) is 2.39. The molecule has 1 amide bonds. The number of likely N-dealkylation sites (N-methyl/N-ethyl adjacent to an activating group) is 1. The number of hydrogen-bond donors (Lipinski definition) is 0. The molecule has 0 aromatic carbocycles. The lowest BCUT2D eigenvalue weighted by atomic mass is 10.2. The second kappa shape index (κ2) is 7.33. The maximum Gasteiger partial charge on any atom is 0.336 e. The molecule has 0 spiro atoms. The maximum atomic E-state index is 11.9. The molecule has 0 N–H and O–H groups in total. The molecule has 1 unspecified atom stereocenters. The van der Waals surface area contributed by atoms with E-state index < -0.39 is 6.10 Å².